The van der Waals surface area contributed by atoms with E-state index in [-0.39, 0.29) is 5.88 Å². The summed E-state index contributed by atoms with van der Waals surface area (Å²) in [5.41, 5.74) is 9.93. The molecule has 0 saturated carbocycles. The Morgan fingerprint density at radius 3 is 2.76 bits per heavy atom. The van der Waals surface area contributed by atoms with Gasteiger partial charge in [-0.05, 0) is 25.1 Å². The Morgan fingerprint density at radius 1 is 1.29 bits per heavy atom. The molecule has 21 heavy (non-hydrogen) atoms. The maximum absolute atomic E-state index is 5.97. The lowest BCUT2D eigenvalue weighted by atomic mass is 10.0. The molecular weight excluding hydrogens is 268 g/mol. The van der Waals surface area contributed by atoms with Crippen LogP contribution in [0.3, 0.4) is 0 Å². The first-order chi connectivity index (χ1) is 10.1. The molecule has 0 aliphatic carbocycles. The van der Waals surface area contributed by atoms with Crippen molar-refractivity contribution >= 4 is 5.88 Å². The summed E-state index contributed by atoms with van der Waals surface area (Å²) in [7, 11) is 3.47. The normalized spacial score (nSPS) is 10.8. The maximum atomic E-state index is 5.97. The topological polar surface area (TPSA) is 79.1 Å². The predicted molar refractivity (Wildman–Crippen MR) is 79.8 cm³/mol. The Labute approximate surface area is 122 Å². The van der Waals surface area contributed by atoms with E-state index in [2.05, 4.69) is 10.3 Å². The zero-order chi connectivity index (χ0) is 15.0. The van der Waals surface area contributed by atoms with Crippen molar-refractivity contribution in [2.45, 2.75) is 6.92 Å². The second-order valence-corrected chi connectivity index (χ2v) is 4.85. The summed E-state index contributed by atoms with van der Waals surface area (Å²) >= 11 is 0. The van der Waals surface area contributed by atoms with Gasteiger partial charge in [0.2, 0.25) is 5.88 Å². The number of nitrogens with two attached hydrogens (primary N) is 1. The third-order valence-corrected chi connectivity index (χ3v) is 3.30. The Balaban J connectivity index is 2.24. The van der Waals surface area contributed by atoms with Gasteiger partial charge < -0.3 is 15.0 Å². The Bertz CT molecular complexity index is 789. The molecule has 3 aromatic rings. The van der Waals surface area contributed by atoms with Gasteiger partial charge in [-0.1, -0.05) is 16.8 Å². The van der Waals surface area contributed by atoms with Crippen molar-refractivity contribution in [2.75, 3.05) is 12.8 Å². The predicted octanol–water partition coefficient (Wildman–Crippen LogP) is 2.64. The van der Waals surface area contributed by atoms with Crippen molar-refractivity contribution in [1.29, 1.82) is 0 Å². The van der Waals surface area contributed by atoms with Gasteiger partial charge in [-0.15, -0.1) is 0 Å². The zero-order valence-electron chi connectivity index (χ0n) is 12.1. The number of methoxy groups -OCH3 is 1. The quantitative estimate of drug-likeness (QED) is 0.799. The SMILES string of the molecule is COc1ccc(C)cc1-c1c(-c2ccn(C)n2)noc1N. The molecule has 1 aromatic carbocycles. The van der Waals surface area contributed by atoms with Crippen LogP contribution in [-0.4, -0.2) is 22.0 Å². The fraction of sp³-hybridized carbons (Fsp3) is 0.200. The van der Waals surface area contributed by atoms with Crippen molar-refractivity contribution in [2.24, 2.45) is 7.05 Å². The third-order valence-electron chi connectivity index (χ3n) is 3.30. The average Bonchev–Trinajstić information content (AvgIpc) is 3.04. The van der Waals surface area contributed by atoms with E-state index in [0.717, 1.165) is 11.1 Å². The highest BCUT2D eigenvalue weighted by molar-refractivity contribution is 5.88. The summed E-state index contributed by atoms with van der Waals surface area (Å²) < 4.78 is 12.3. The molecule has 2 heterocycles. The van der Waals surface area contributed by atoms with Crippen LogP contribution >= 0.6 is 0 Å². The minimum absolute atomic E-state index is 0.250. The smallest absolute Gasteiger partial charge is 0.230 e. The minimum Gasteiger partial charge on any atom is -0.496 e. The highest BCUT2D eigenvalue weighted by atomic mass is 16.5. The minimum atomic E-state index is 0.250. The Kier molecular flexibility index (Phi) is 3.13. The summed E-state index contributed by atoms with van der Waals surface area (Å²) in [4.78, 5) is 0. The van der Waals surface area contributed by atoms with Gasteiger partial charge in [0, 0.05) is 18.8 Å². The highest BCUT2D eigenvalue weighted by Gasteiger charge is 2.22. The number of nitrogens with zero attached hydrogens (tertiary/aromatic N) is 3. The van der Waals surface area contributed by atoms with Crippen molar-refractivity contribution in [1.82, 2.24) is 14.9 Å². The number of benzene rings is 1. The van der Waals surface area contributed by atoms with Gasteiger partial charge >= 0.3 is 0 Å². The van der Waals surface area contributed by atoms with E-state index in [9.17, 15) is 0 Å². The number of rotatable bonds is 3. The molecule has 0 saturated heterocycles. The summed E-state index contributed by atoms with van der Waals surface area (Å²) in [6, 6.07) is 7.74. The van der Waals surface area contributed by atoms with Crippen molar-refractivity contribution in [3.63, 3.8) is 0 Å². The molecule has 3 rings (SSSR count). The van der Waals surface area contributed by atoms with E-state index >= 15 is 0 Å². The largest absolute Gasteiger partial charge is 0.496 e. The summed E-state index contributed by atoms with van der Waals surface area (Å²) in [6.07, 6.45) is 1.84. The molecule has 6 nitrogen and oxygen atoms in total. The van der Waals surface area contributed by atoms with E-state index in [4.69, 9.17) is 15.0 Å². The lowest BCUT2D eigenvalue weighted by Gasteiger charge is -2.09. The number of hydrogen-bond donors (Lipinski definition) is 1. The molecule has 108 valence electrons. The number of aromatic nitrogens is 3. The van der Waals surface area contributed by atoms with Crippen LogP contribution in [0.2, 0.25) is 0 Å². The molecule has 0 spiro atoms. The molecule has 2 aromatic heterocycles. The fourth-order valence-electron chi connectivity index (χ4n) is 2.30. The van der Waals surface area contributed by atoms with E-state index in [1.807, 2.05) is 44.4 Å². The summed E-state index contributed by atoms with van der Waals surface area (Å²) in [5, 5.41) is 8.41. The lowest BCUT2D eigenvalue weighted by Crippen LogP contribution is -1.94. The zero-order valence-corrected chi connectivity index (χ0v) is 12.1. The number of anilines is 1. The van der Waals surface area contributed by atoms with Gasteiger partial charge in [0.25, 0.3) is 0 Å². The number of hydrogen-bond acceptors (Lipinski definition) is 5. The maximum Gasteiger partial charge on any atom is 0.230 e. The van der Waals surface area contributed by atoms with Crippen LogP contribution in [0.25, 0.3) is 22.5 Å². The molecule has 0 bridgehead atoms. The molecule has 6 heteroatoms. The molecule has 0 radical (unpaired) electrons. The van der Waals surface area contributed by atoms with Crippen LogP contribution in [0.4, 0.5) is 5.88 Å². The number of ether oxygens (including phenoxy) is 1. The fourth-order valence-corrected chi connectivity index (χ4v) is 2.30. The first-order valence-corrected chi connectivity index (χ1v) is 6.50. The van der Waals surface area contributed by atoms with Crippen LogP contribution in [0, 0.1) is 6.92 Å². The van der Waals surface area contributed by atoms with Crippen molar-refractivity contribution < 1.29 is 9.26 Å². The van der Waals surface area contributed by atoms with Gasteiger partial charge in [-0.3, -0.25) is 4.68 Å². The lowest BCUT2D eigenvalue weighted by molar-refractivity contribution is 0.416. The molecule has 0 aliphatic heterocycles. The summed E-state index contributed by atoms with van der Waals surface area (Å²) in [5.74, 6) is 0.965. The number of nitrogen functional groups attached to an aromatic ring is 1. The molecule has 0 fully saturated rings. The van der Waals surface area contributed by atoms with Crippen LogP contribution in [-0.2, 0) is 7.05 Å². The van der Waals surface area contributed by atoms with Gasteiger partial charge in [0.1, 0.15) is 17.1 Å². The van der Waals surface area contributed by atoms with Crippen molar-refractivity contribution in [3.05, 3.63) is 36.0 Å². The summed E-state index contributed by atoms with van der Waals surface area (Å²) in [6.45, 7) is 2.01. The second-order valence-electron chi connectivity index (χ2n) is 4.85. The molecule has 2 N–H and O–H groups in total. The van der Waals surface area contributed by atoms with Crippen LogP contribution in [0.5, 0.6) is 5.75 Å². The Hall–Kier alpha value is -2.76. The van der Waals surface area contributed by atoms with Crippen molar-refractivity contribution in [3.8, 4) is 28.3 Å². The standard InChI is InChI=1S/C15H16N4O2/c1-9-4-5-12(20-3)10(8-9)13-14(18-21-15(13)16)11-6-7-19(2)17-11/h4-8H,16H2,1-3H3. The first kappa shape index (κ1) is 13.2. The monoisotopic (exact) mass is 284 g/mol. The van der Waals surface area contributed by atoms with Crippen LogP contribution in [0.1, 0.15) is 5.56 Å². The average molecular weight is 284 g/mol. The van der Waals surface area contributed by atoms with Crippen LogP contribution < -0.4 is 10.5 Å². The van der Waals surface area contributed by atoms with E-state index in [1.165, 1.54) is 0 Å². The third kappa shape index (κ3) is 2.24. The molecule has 0 unspecified atom stereocenters. The molecule has 0 amide bonds. The van der Waals surface area contributed by atoms with Gasteiger partial charge in [-0.2, -0.15) is 5.10 Å². The molecule has 0 atom stereocenters. The highest BCUT2D eigenvalue weighted by Crippen LogP contribution is 2.40. The van der Waals surface area contributed by atoms with E-state index in [0.29, 0.717) is 22.7 Å². The number of aryl methyl sites for hydroxylation is 2. The van der Waals surface area contributed by atoms with E-state index in [1.54, 1.807) is 11.8 Å². The van der Waals surface area contributed by atoms with Gasteiger partial charge in [-0.25, -0.2) is 0 Å². The second kappa shape index (κ2) is 4.97. The van der Waals surface area contributed by atoms with Gasteiger partial charge in [0.15, 0.2) is 0 Å². The Morgan fingerprint density at radius 2 is 2.10 bits per heavy atom. The van der Waals surface area contributed by atoms with E-state index < -0.39 is 0 Å². The first-order valence-electron chi connectivity index (χ1n) is 6.50. The van der Waals surface area contributed by atoms with Gasteiger partial charge in [0.05, 0.1) is 12.7 Å². The molecule has 0 aliphatic rings. The molecular formula is C15H16N4O2. The van der Waals surface area contributed by atoms with Crippen LogP contribution in [0.15, 0.2) is 35.0 Å².